The lowest BCUT2D eigenvalue weighted by molar-refractivity contribution is 0.128. The van der Waals surface area contributed by atoms with Crippen molar-refractivity contribution < 1.29 is 9.84 Å². The average Bonchev–Trinajstić information content (AvgIpc) is 2.68. The van der Waals surface area contributed by atoms with E-state index in [0.29, 0.717) is 18.1 Å². The predicted molar refractivity (Wildman–Crippen MR) is 113 cm³/mol. The molecule has 0 radical (unpaired) electrons. The van der Waals surface area contributed by atoms with Crippen molar-refractivity contribution in [1.29, 1.82) is 0 Å². The molecule has 0 spiro atoms. The van der Waals surface area contributed by atoms with Gasteiger partial charge in [-0.15, -0.1) is 0 Å². The van der Waals surface area contributed by atoms with Gasteiger partial charge in [-0.2, -0.15) is 0 Å². The number of aromatic nitrogens is 1. The maximum Gasteiger partial charge on any atom is 0.119 e. The zero-order chi connectivity index (χ0) is 19.4. The smallest absolute Gasteiger partial charge is 0.119 e. The number of hydrogen-bond donors (Lipinski definition) is 2. The number of anilines is 1. The minimum Gasteiger partial charge on any atom is -0.497 e. The Bertz CT molecular complexity index is 928. The van der Waals surface area contributed by atoms with E-state index in [1.54, 1.807) is 7.11 Å². The van der Waals surface area contributed by atoms with E-state index in [1.165, 1.54) is 0 Å². The summed E-state index contributed by atoms with van der Waals surface area (Å²) in [5.74, 6) is 0.768. The molecule has 1 atom stereocenters. The number of hydrogen-bond acceptors (Lipinski definition) is 5. The van der Waals surface area contributed by atoms with E-state index in [9.17, 15) is 5.11 Å². The predicted octanol–water partition coefficient (Wildman–Crippen LogP) is 4.16. The molecule has 0 saturated carbocycles. The summed E-state index contributed by atoms with van der Waals surface area (Å²) in [4.78, 5) is 6.93. The van der Waals surface area contributed by atoms with Crippen LogP contribution in [0.3, 0.4) is 0 Å². The Morgan fingerprint density at radius 2 is 1.89 bits per heavy atom. The van der Waals surface area contributed by atoms with Crippen LogP contribution in [0, 0.1) is 0 Å². The Morgan fingerprint density at radius 3 is 2.59 bits per heavy atom. The number of rotatable bonds is 8. The summed E-state index contributed by atoms with van der Waals surface area (Å²) in [6, 6.07) is 11.5. The molecule has 1 heterocycles. The number of nitrogens with one attached hydrogen (secondary N) is 1. The molecule has 5 nitrogen and oxygen atoms in total. The molecular formula is C21H26ClN3O2. The molecule has 0 amide bonds. The minimum atomic E-state index is -0.471. The summed E-state index contributed by atoms with van der Waals surface area (Å²) < 4.78 is 5.38. The number of halogens is 1. The first kappa shape index (κ1) is 19.7. The molecule has 0 aliphatic carbocycles. The first-order chi connectivity index (χ1) is 13.0. The Hall–Kier alpha value is -2.08. The van der Waals surface area contributed by atoms with Crippen molar-refractivity contribution in [3.8, 4) is 5.75 Å². The summed E-state index contributed by atoms with van der Waals surface area (Å²) in [5.41, 5.74) is 2.61. The molecule has 0 aliphatic heterocycles. The Morgan fingerprint density at radius 1 is 1.11 bits per heavy atom. The van der Waals surface area contributed by atoms with E-state index in [4.69, 9.17) is 21.3 Å². The molecule has 27 heavy (non-hydrogen) atoms. The van der Waals surface area contributed by atoms with Gasteiger partial charge in [-0.1, -0.05) is 25.4 Å². The molecule has 0 unspecified atom stereocenters. The maximum absolute atomic E-state index is 10.5. The molecular weight excluding hydrogens is 362 g/mol. The van der Waals surface area contributed by atoms with Crippen LogP contribution in [0.1, 0.15) is 13.8 Å². The number of likely N-dealkylation sites (N-methyl/N-ethyl adjacent to an activating group) is 1. The molecule has 2 N–H and O–H groups in total. The molecule has 0 bridgehead atoms. The van der Waals surface area contributed by atoms with Crippen LogP contribution in [0.15, 0.2) is 36.4 Å². The second kappa shape index (κ2) is 8.74. The molecule has 2 aromatic carbocycles. The van der Waals surface area contributed by atoms with Crippen molar-refractivity contribution in [3.05, 3.63) is 41.4 Å². The number of ether oxygens (including phenoxy) is 1. The highest BCUT2D eigenvalue weighted by Crippen LogP contribution is 2.34. The van der Waals surface area contributed by atoms with Crippen LogP contribution in [0.4, 0.5) is 5.69 Å². The molecule has 0 fully saturated rings. The van der Waals surface area contributed by atoms with Crippen molar-refractivity contribution in [2.24, 2.45) is 0 Å². The van der Waals surface area contributed by atoms with E-state index in [1.807, 2.05) is 36.4 Å². The SMILES string of the molecule is CCN(CC)C[C@@H](O)CNc1c2ccc(Cl)cc2nc2ccc(OC)cc12. The Kier molecular flexibility index (Phi) is 6.37. The molecule has 3 aromatic rings. The fourth-order valence-corrected chi connectivity index (χ4v) is 3.44. The zero-order valence-electron chi connectivity index (χ0n) is 16.0. The normalized spacial score (nSPS) is 12.7. The van der Waals surface area contributed by atoms with Crippen molar-refractivity contribution in [2.75, 3.05) is 38.6 Å². The molecule has 0 aliphatic rings. The first-order valence-electron chi connectivity index (χ1n) is 9.27. The lowest BCUT2D eigenvalue weighted by Crippen LogP contribution is -2.36. The van der Waals surface area contributed by atoms with E-state index in [-0.39, 0.29) is 0 Å². The highest BCUT2D eigenvalue weighted by atomic mass is 35.5. The van der Waals surface area contributed by atoms with Crippen LogP contribution in [-0.4, -0.2) is 54.4 Å². The molecule has 6 heteroatoms. The van der Waals surface area contributed by atoms with Gasteiger partial charge in [-0.3, -0.25) is 0 Å². The van der Waals surface area contributed by atoms with Crippen molar-refractivity contribution in [3.63, 3.8) is 0 Å². The lowest BCUT2D eigenvalue weighted by Gasteiger charge is -2.23. The first-order valence-corrected chi connectivity index (χ1v) is 9.64. The lowest BCUT2D eigenvalue weighted by atomic mass is 10.1. The van der Waals surface area contributed by atoms with E-state index >= 15 is 0 Å². The van der Waals surface area contributed by atoms with Crippen molar-refractivity contribution in [1.82, 2.24) is 9.88 Å². The van der Waals surface area contributed by atoms with Gasteiger partial charge < -0.3 is 20.1 Å². The second-order valence-corrected chi connectivity index (χ2v) is 6.99. The number of pyridine rings is 1. The Labute approximate surface area is 164 Å². The third-order valence-electron chi connectivity index (χ3n) is 4.82. The summed E-state index contributed by atoms with van der Waals surface area (Å²) in [6.07, 6.45) is -0.471. The van der Waals surface area contributed by atoms with Crippen LogP contribution < -0.4 is 10.1 Å². The van der Waals surface area contributed by atoms with E-state index in [0.717, 1.165) is 46.3 Å². The third kappa shape index (κ3) is 4.43. The molecule has 0 saturated heterocycles. The molecule has 3 rings (SSSR count). The van der Waals surface area contributed by atoms with Crippen LogP contribution in [0.2, 0.25) is 5.02 Å². The van der Waals surface area contributed by atoms with Crippen LogP contribution >= 0.6 is 11.6 Å². The fourth-order valence-electron chi connectivity index (χ4n) is 3.28. The topological polar surface area (TPSA) is 57.6 Å². The zero-order valence-corrected chi connectivity index (χ0v) is 16.8. The summed E-state index contributed by atoms with van der Waals surface area (Å²) in [7, 11) is 1.65. The van der Waals surface area contributed by atoms with Crippen LogP contribution in [0.5, 0.6) is 5.75 Å². The quantitative estimate of drug-likeness (QED) is 0.568. The van der Waals surface area contributed by atoms with Crippen molar-refractivity contribution >= 4 is 39.1 Å². The van der Waals surface area contributed by atoms with Gasteiger partial charge in [0.15, 0.2) is 0 Å². The van der Waals surface area contributed by atoms with Crippen LogP contribution in [-0.2, 0) is 0 Å². The highest BCUT2D eigenvalue weighted by molar-refractivity contribution is 6.31. The summed E-state index contributed by atoms with van der Waals surface area (Å²) >= 11 is 6.16. The van der Waals surface area contributed by atoms with E-state index < -0.39 is 6.10 Å². The fraction of sp³-hybridized carbons (Fsp3) is 0.381. The number of aliphatic hydroxyl groups excluding tert-OH is 1. The largest absolute Gasteiger partial charge is 0.497 e. The van der Waals surface area contributed by atoms with Gasteiger partial charge in [0.1, 0.15) is 5.75 Å². The Balaban J connectivity index is 1.99. The number of nitrogens with zero attached hydrogens (tertiary/aromatic N) is 2. The number of fused-ring (bicyclic) bond motifs is 2. The number of methoxy groups -OCH3 is 1. The van der Waals surface area contributed by atoms with Crippen LogP contribution in [0.25, 0.3) is 21.8 Å². The average molecular weight is 388 g/mol. The summed E-state index contributed by atoms with van der Waals surface area (Å²) in [6.45, 7) is 7.13. The molecule has 1 aromatic heterocycles. The van der Waals surface area contributed by atoms with Gasteiger partial charge in [0.25, 0.3) is 0 Å². The minimum absolute atomic E-state index is 0.449. The second-order valence-electron chi connectivity index (χ2n) is 6.55. The maximum atomic E-state index is 10.5. The third-order valence-corrected chi connectivity index (χ3v) is 5.06. The number of benzene rings is 2. The molecule has 144 valence electrons. The highest BCUT2D eigenvalue weighted by Gasteiger charge is 2.14. The van der Waals surface area contributed by atoms with Gasteiger partial charge in [-0.25, -0.2) is 4.98 Å². The van der Waals surface area contributed by atoms with Gasteiger partial charge in [0.05, 0.1) is 29.9 Å². The monoisotopic (exact) mass is 387 g/mol. The summed E-state index contributed by atoms with van der Waals surface area (Å²) in [5, 5.41) is 16.5. The van der Waals surface area contributed by atoms with Gasteiger partial charge in [0.2, 0.25) is 0 Å². The standard InChI is InChI=1S/C21H26ClN3O2/c1-4-25(5-2)13-15(26)12-23-21-17-8-6-14(22)10-20(17)24-19-9-7-16(27-3)11-18(19)21/h6-11,15,26H,4-5,12-13H2,1-3H3,(H,23,24)/t15-/m0/s1. The van der Waals surface area contributed by atoms with E-state index in [2.05, 4.69) is 24.1 Å². The number of aliphatic hydroxyl groups is 1. The van der Waals surface area contributed by atoms with Gasteiger partial charge >= 0.3 is 0 Å². The van der Waals surface area contributed by atoms with Gasteiger partial charge in [-0.05, 0) is 49.5 Å². The van der Waals surface area contributed by atoms with Crippen molar-refractivity contribution in [2.45, 2.75) is 20.0 Å². The van der Waals surface area contributed by atoms with Gasteiger partial charge in [0, 0.05) is 28.9 Å².